The second-order valence-electron chi connectivity index (χ2n) is 18.4. The average Bonchev–Trinajstić information content (AvgIpc) is 4.20. The Labute approximate surface area is 423 Å². The van der Waals surface area contributed by atoms with Crippen LogP contribution in [0.15, 0.2) is 170 Å². The lowest BCUT2D eigenvalue weighted by Gasteiger charge is -2.26. The number of benzene rings is 9. The molecule has 0 saturated carbocycles. The first-order valence-electron chi connectivity index (χ1n) is 23.2. The fourth-order valence-corrected chi connectivity index (χ4v) is 12.0. The summed E-state index contributed by atoms with van der Waals surface area (Å²) in [7, 11) is 0. The van der Waals surface area contributed by atoms with E-state index in [0.29, 0.717) is 21.8 Å². The molecule has 0 atom stereocenters. The van der Waals surface area contributed by atoms with Gasteiger partial charge in [0, 0.05) is 58.1 Å². The zero-order valence-electron chi connectivity index (χ0n) is 38.4. The standard InChI is InChI=1S/C59H28F12N4S/c60-56(61,62)32-14-18-37-38-19-15-33(57(63,64)65)24-46(38)73(45(37)23-32)50-22-31(29-72)54(74-44-12-6-4-10-36(44)42-27-43-41-11-5-7-13-51(41)76-52(43)28-49(42)74)55(53(50)30-8-2-1-3-9-30)75-47-25-34(58(66,67)68)16-20-39(47)40-21-17-35(26-48(40)75)59(69,70)71/h1-28H. The van der Waals surface area contributed by atoms with Gasteiger partial charge in [-0.2, -0.15) is 57.9 Å². The lowest BCUT2D eigenvalue weighted by atomic mass is 9.95. The molecule has 0 spiro atoms. The highest BCUT2D eigenvalue weighted by Gasteiger charge is 2.38. The lowest BCUT2D eigenvalue weighted by molar-refractivity contribution is -0.138. The lowest BCUT2D eigenvalue weighted by Crippen LogP contribution is -2.13. The fourth-order valence-electron chi connectivity index (χ4n) is 10.9. The number of fused-ring (bicyclic) bond motifs is 12. The maximum atomic E-state index is 15.1. The molecule has 0 unspecified atom stereocenters. The van der Waals surface area contributed by atoms with E-state index in [1.165, 1.54) is 22.0 Å². The van der Waals surface area contributed by atoms with Crippen LogP contribution in [0.5, 0.6) is 0 Å². The molecule has 0 radical (unpaired) electrons. The Morgan fingerprint density at radius 3 is 1.26 bits per heavy atom. The van der Waals surface area contributed by atoms with E-state index in [1.54, 1.807) is 53.1 Å². The Morgan fingerprint density at radius 1 is 0.342 bits per heavy atom. The molecule has 0 N–H and O–H groups in total. The predicted molar refractivity (Wildman–Crippen MR) is 273 cm³/mol. The van der Waals surface area contributed by atoms with Crippen LogP contribution in [0.2, 0.25) is 0 Å². The highest BCUT2D eigenvalue weighted by molar-refractivity contribution is 7.25. The topological polar surface area (TPSA) is 38.6 Å². The van der Waals surface area contributed by atoms with Crippen molar-refractivity contribution in [3.05, 3.63) is 198 Å². The number of hydrogen-bond donors (Lipinski definition) is 0. The van der Waals surface area contributed by atoms with E-state index < -0.39 is 47.0 Å². The van der Waals surface area contributed by atoms with Crippen LogP contribution in [0.4, 0.5) is 52.7 Å². The Hall–Kier alpha value is -8.75. The number of alkyl halides is 12. The minimum absolute atomic E-state index is 0.0568. The fraction of sp³-hybridized carbons (Fsp3) is 0.0678. The summed E-state index contributed by atoms with van der Waals surface area (Å²) in [5.74, 6) is 0. The van der Waals surface area contributed by atoms with E-state index in [-0.39, 0.29) is 77.4 Å². The zero-order valence-corrected chi connectivity index (χ0v) is 39.2. The van der Waals surface area contributed by atoms with E-state index in [2.05, 4.69) is 6.07 Å². The number of hydrogen-bond acceptors (Lipinski definition) is 2. The Bertz CT molecular complexity index is 4510. The van der Waals surface area contributed by atoms with Crippen LogP contribution in [0.1, 0.15) is 27.8 Å². The number of nitriles is 1. The van der Waals surface area contributed by atoms with Crippen molar-refractivity contribution in [1.82, 2.24) is 13.7 Å². The summed E-state index contributed by atoms with van der Waals surface area (Å²) in [4.78, 5) is 0. The molecule has 0 amide bonds. The first kappa shape index (κ1) is 47.0. The molecule has 4 nitrogen and oxygen atoms in total. The van der Waals surface area contributed by atoms with Gasteiger partial charge < -0.3 is 13.7 Å². The average molecular weight is 1050 g/mol. The second kappa shape index (κ2) is 16.1. The van der Waals surface area contributed by atoms with Crippen molar-refractivity contribution in [2.45, 2.75) is 24.7 Å². The SMILES string of the molecule is N#Cc1cc(-n2c3cc(C(F)(F)F)ccc3c3ccc(C(F)(F)F)cc32)c(-c2ccccc2)c(-n2c3cc(C(F)(F)F)ccc3c3ccc(C(F)(F)F)cc32)c1-n1c2ccccc2c2cc3c(cc21)sc1ccccc13. The molecule has 0 saturated heterocycles. The third-order valence-corrected chi connectivity index (χ3v) is 15.3. The maximum Gasteiger partial charge on any atom is 0.416 e. The smallest absolute Gasteiger partial charge is 0.308 e. The van der Waals surface area contributed by atoms with Crippen molar-refractivity contribution >= 4 is 96.9 Å². The summed E-state index contributed by atoms with van der Waals surface area (Å²) >= 11 is 1.46. The zero-order chi connectivity index (χ0) is 53.0. The predicted octanol–water partition coefficient (Wildman–Crippen LogP) is 19.0. The molecule has 13 aromatic rings. The van der Waals surface area contributed by atoms with Crippen LogP contribution >= 0.6 is 11.3 Å². The van der Waals surface area contributed by atoms with Crippen molar-refractivity contribution in [1.29, 1.82) is 5.26 Å². The van der Waals surface area contributed by atoms with Gasteiger partial charge >= 0.3 is 24.7 Å². The van der Waals surface area contributed by atoms with Crippen LogP contribution < -0.4 is 0 Å². The number of para-hydroxylation sites is 1. The van der Waals surface area contributed by atoms with Crippen molar-refractivity contribution in [2.24, 2.45) is 0 Å². The number of nitrogens with zero attached hydrogens (tertiary/aromatic N) is 4. The Balaban J connectivity index is 1.33. The molecule has 0 aliphatic rings. The van der Waals surface area contributed by atoms with Gasteiger partial charge in [-0.25, -0.2) is 0 Å². The minimum atomic E-state index is -5.00. The Kier molecular flexibility index (Phi) is 9.97. The molecule has 4 aromatic heterocycles. The van der Waals surface area contributed by atoms with Gasteiger partial charge in [0.15, 0.2) is 0 Å². The van der Waals surface area contributed by atoms with E-state index >= 15 is 26.3 Å². The quantitative estimate of drug-likeness (QED) is 0.162. The monoisotopic (exact) mass is 1050 g/mol. The largest absolute Gasteiger partial charge is 0.416 e. The molecule has 374 valence electrons. The highest BCUT2D eigenvalue weighted by atomic mass is 32.1. The van der Waals surface area contributed by atoms with Crippen LogP contribution in [-0.2, 0) is 24.7 Å². The van der Waals surface area contributed by atoms with Crippen molar-refractivity contribution in [3.63, 3.8) is 0 Å². The van der Waals surface area contributed by atoms with E-state index in [1.807, 2.05) is 42.5 Å². The number of rotatable bonds is 4. The second-order valence-corrected chi connectivity index (χ2v) is 19.5. The van der Waals surface area contributed by atoms with Crippen molar-refractivity contribution in [3.8, 4) is 34.3 Å². The third-order valence-electron chi connectivity index (χ3n) is 14.1. The van der Waals surface area contributed by atoms with Gasteiger partial charge in [-0.05, 0) is 84.4 Å². The summed E-state index contributed by atoms with van der Waals surface area (Å²) in [6.07, 6.45) is -20.0. The third kappa shape index (κ3) is 7.07. The molecule has 76 heavy (non-hydrogen) atoms. The van der Waals surface area contributed by atoms with Gasteiger partial charge in [0.25, 0.3) is 0 Å². The highest BCUT2D eigenvalue weighted by Crippen LogP contribution is 2.51. The van der Waals surface area contributed by atoms with Gasteiger partial charge in [0.1, 0.15) is 6.07 Å². The molecule has 0 fully saturated rings. The summed E-state index contributed by atoms with van der Waals surface area (Å²) < 4.78 is 185. The summed E-state index contributed by atoms with van der Waals surface area (Å²) in [5, 5.41) is 15.1. The number of thiophene rings is 1. The molecule has 4 heterocycles. The van der Waals surface area contributed by atoms with Gasteiger partial charge in [-0.3, -0.25) is 0 Å². The summed E-state index contributed by atoms with van der Waals surface area (Å²) in [5.41, 5.74) is -5.65. The van der Waals surface area contributed by atoms with Crippen LogP contribution in [0, 0.1) is 11.3 Å². The number of aromatic nitrogens is 3. The summed E-state index contributed by atoms with van der Waals surface area (Å²) in [6, 6.07) is 40.7. The first-order valence-corrected chi connectivity index (χ1v) is 24.0. The van der Waals surface area contributed by atoms with Crippen LogP contribution in [0.25, 0.3) is 114 Å². The molecule has 0 aliphatic heterocycles. The molecular weight excluding hydrogens is 1020 g/mol. The van der Waals surface area contributed by atoms with Crippen LogP contribution in [0.3, 0.4) is 0 Å². The van der Waals surface area contributed by atoms with Gasteiger partial charge in [-0.1, -0.05) is 91.0 Å². The van der Waals surface area contributed by atoms with Crippen molar-refractivity contribution in [2.75, 3.05) is 0 Å². The van der Waals surface area contributed by atoms with Crippen molar-refractivity contribution < 1.29 is 52.7 Å². The normalized spacial score (nSPS) is 13.0. The van der Waals surface area contributed by atoms with Gasteiger partial charge in [-0.15, -0.1) is 11.3 Å². The molecule has 0 bridgehead atoms. The molecule has 17 heteroatoms. The Morgan fingerprint density at radius 2 is 0.763 bits per heavy atom. The van der Waals surface area contributed by atoms with E-state index in [9.17, 15) is 31.6 Å². The maximum absolute atomic E-state index is 15.1. The molecular formula is C59H28F12N4S. The minimum Gasteiger partial charge on any atom is -0.308 e. The van der Waals surface area contributed by atoms with Gasteiger partial charge in [0.2, 0.25) is 0 Å². The molecule has 0 aliphatic carbocycles. The number of halogens is 12. The van der Waals surface area contributed by atoms with Gasteiger partial charge in [0.05, 0.1) is 78.0 Å². The summed E-state index contributed by atoms with van der Waals surface area (Å²) in [6.45, 7) is 0. The van der Waals surface area contributed by atoms with E-state index in [4.69, 9.17) is 0 Å². The van der Waals surface area contributed by atoms with E-state index in [0.717, 1.165) is 97.5 Å². The first-order chi connectivity index (χ1) is 36.2. The van der Waals surface area contributed by atoms with Crippen LogP contribution in [-0.4, -0.2) is 13.7 Å². The molecule has 9 aromatic carbocycles. The molecule has 13 rings (SSSR count).